The van der Waals surface area contributed by atoms with Gasteiger partial charge in [0.2, 0.25) is 5.95 Å². The highest BCUT2D eigenvalue weighted by atomic mass is 35.5. The van der Waals surface area contributed by atoms with E-state index in [2.05, 4.69) is 25.5 Å². The Morgan fingerprint density at radius 2 is 2.06 bits per heavy atom. The first-order valence-electron chi connectivity index (χ1n) is 10.2. The summed E-state index contributed by atoms with van der Waals surface area (Å²) in [5, 5.41) is 19.7. The van der Waals surface area contributed by atoms with E-state index < -0.39 is 35.2 Å². The molecule has 0 bridgehead atoms. The summed E-state index contributed by atoms with van der Waals surface area (Å²) >= 11 is 6.30. The Kier molecular flexibility index (Phi) is 5.33. The molecular formula is C21H16ClF2N9O. The first kappa shape index (κ1) is 21.7. The molecule has 1 saturated carbocycles. The van der Waals surface area contributed by atoms with Crippen molar-refractivity contribution < 1.29 is 8.78 Å². The SMILES string of the molecule is N#Cc1c(NC(c2nc3cccc(Cl)c3c(=O)n2-c2ccn[nH]2)C2CC2)nc(N)nc1C(F)F. The van der Waals surface area contributed by atoms with Crippen LogP contribution in [-0.4, -0.2) is 29.7 Å². The summed E-state index contributed by atoms with van der Waals surface area (Å²) in [5.41, 5.74) is 4.39. The predicted octanol–water partition coefficient (Wildman–Crippen LogP) is 3.51. The molecule has 3 heterocycles. The summed E-state index contributed by atoms with van der Waals surface area (Å²) in [4.78, 5) is 25.8. The molecule has 0 spiro atoms. The summed E-state index contributed by atoms with van der Waals surface area (Å²) < 4.78 is 28.4. The van der Waals surface area contributed by atoms with Crippen LogP contribution >= 0.6 is 11.6 Å². The number of anilines is 2. The number of hydrogen-bond donors (Lipinski definition) is 3. The fourth-order valence-corrected chi connectivity index (χ4v) is 4.11. The largest absolute Gasteiger partial charge is 0.368 e. The molecule has 1 fully saturated rings. The second-order valence-electron chi connectivity index (χ2n) is 7.75. The number of aromatic amines is 1. The van der Waals surface area contributed by atoms with Gasteiger partial charge in [0.15, 0.2) is 5.82 Å². The molecule has 1 aliphatic rings. The summed E-state index contributed by atoms with van der Waals surface area (Å²) in [6, 6.07) is 7.59. The molecule has 172 valence electrons. The number of H-pyrrole nitrogens is 1. The van der Waals surface area contributed by atoms with E-state index in [9.17, 15) is 18.8 Å². The number of aromatic nitrogens is 6. The molecule has 0 radical (unpaired) electrons. The van der Waals surface area contributed by atoms with Crippen molar-refractivity contribution in [2.24, 2.45) is 5.92 Å². The van der Waals surface area contributed by atoms with Crippen LogP contribution < -0.4 is 16.6 Å². The number of nitrogen functional groups attached to an aromatic ring is 1. The minimum Gasteiger partial charge on any atom is -0.368 e. The second kappa shape index (κ2) is 8.35. The number of fused-ring (bicyclic) bond motifs is 1. The topological polar surface area (TPSA) is 151 Å². The molecule has 1 aromatic carbocycles. The Hall–Kier alpha value is -4.11. The van der Waals surface area contributed by atoms with Crippen LogP contribution in [0.15, 0.2) is 35.3 Å². The highest BCUT2D eigenvalue weighted by Crippen LogP contribution is 2.43. The molecule has 3 aromatic heterocycles. The molecule has 0 saturated heterocycles. The van der Waals surface area contributed by atoms with Crippen LogP contribution in [0, 0.1) is 17.2 Å². The van der Waals surface area contributed by atoms with E-state index in [1.807, 2.05) is 0 Å². The van der Waals surface area contributed by atoms with Crippen molar-refractivity contribution in [1.82, 2.24) is 29.7 Å². The summed E-state index contributed by atoms with van der Waals surface area (Å²) in [6.07, 6.45) is 0.0297. The summed E-state index contributed by atoms with van der Waals surface area (Å²) in [6.45, 7) is 0. The number of nitrogens with zero attached hydrogens (tertiary/aromatic N) is 6. The normalized spacial score (nSPS) is 14.3. The van der Waals surface area contributed by atoms with Crippen LogP contribution in [0.4, 0.5) is 20.5 Å². The van der Waals surface area contributed by atoms with Crippen molar-refractivity contribution in [2.45, 2.75) is 25.3 Å². The average molecular weight is 484 g/mol. The molecular weight excluding hydrogens is 468 g/mol. The van der Waals surface area contributed by atoms with Gasteiger partial charge in [0.1, 0.15) is 29.0 Å². The van der Waals surface area contributed by atoms with E-state index in [1.165, 1.54) is 10.8 Å². The molecule has 1 aliphatic carbocycles. The molecule has 1 atom stereocenters. The van der Waals surface area contributed by atoms with E-state index in [0.717, 1.165) is 12.8 Å². The van der Waals surface area contributed by atoms with Crippen molar-refractivity contribution in [3.05, 3.63) is 62.9 Å². The zero-order chi connectivity index (χ0) is 24.0. The van der Waals surface area contributed by atoms with Gasteiger partial charge in [0.25, 0.3) is 12.0 Å². The second-order valence-corrected chi connectivity index (χ2v) is 8.16. The number of alkyl halides is 2. The van der Waals surface area contributed by atoms with Gasteiger partial charge in [-0.25, -0.2) is 23.3 Å². The quantitative estimate of drug-likeness (QED) is 0.377. The Bertz CT molecular complexity index is 1490. The van der Waals surface area contributed by atoms with E-state index in [-0.39, 0.29) is 28.0 Å². The maximum absolute atomic E-state index is 13.6. The Morgan fingerprint density at radius 3 is 2.71 bits per heavy atom. The molecule has 5 rings (SSSR count). The van der Waals surface area contributed by atoms with Crippen molar-refractivity contribution in [3.8, 4) is 11.9 Å². The standard InChI is InChI=1S/C21H16ClF2N9O/c22-11-2-1-3-12-14(11)20(34)33(13-6-7-27-32-13)19(28-12)15(9-4-5-9)29-18-10(8-25)16(17(23)24)30-21(26)31-18/h1-3,6-7,9,15,17H,4-5H2,(H,27,32)(H3,26,29,30,31). The maximum Gasteiger partial charge on any atom is 0.281 e. The van der Waals surface area contributed by atoms with Crippen LogP contribution in [0.5, 0.6) is 0 Å². The van der Waals surface area contributed by atoms with Crippen LogP contribution in [0.1, 0.15) is 42.4 Å². The first-order valence-corrected chi connectivity index (χ1v) is 10.6. The van der Waals surface area contributed by atoms with E-state index in [0.29, 0.717) is 11.3 Å². The van der Waals surface area contributed by atoms with Crippen molar-refractivity contribution in [1.29, 1.82) is 5.26 Å². The Morgan fingerprint density at radius 1 is 1.26 bits per heavy atom. The highest BCUT2D eigenvalue weighted by Gasteiger charge is 2.37. The molecule has 4 N–H and O–H groups in total. The lowest BCUT2D eigenvalue weighted by atomic mass is 10.1. The van der Waals surface area contributed by atoms with Gasteiger partial charge in [-0.1, -0.05) is 17.7 Å². The smallest absolute Gasteiger partial charge is 0.281 e. The minimum atomic E-state index is -3.02. The third kappa shape index (κ3) is 3.69. The number of hydrogen-bond acceptors (Lipinski definition) is 8. The molecule has 34 heavy (non-hydrogen) atoms. The number of nitrogens with one attached hydrogen (secondary N) is 2. The van der Waals surface area contributed by atoms with Gasteiger partial charge in [0, 0.05) is 6.07 Å². The van der Waals surface area contributed by atoms with Gasteiger partial charge < -0.3 is 11.1 Å². The van der Waals surface area contributed by atoms with Crippen LogP contribution in [-0.2, 0) is 0 Å². The number of nitriles is 1. The first-order chi connectivity index (χ1) is 16.4. The monoisotopic (exact) mass is 483 g/mol. The van der Waals surface area contributed by atoms with Gasteiger partial charge in [-0.3, -0.25) is 9.89 Å². The fourth-order valence-electron chi connectivity index (χ4n) is 3.86. The van der Waals surface area contributed by atoms with Crippen LogP contribution in [0.2, 0.25) is 5.02 Å². The lowest BCUT2D eigenvalue weighted by Crippen LogP contribution is -2.30. The van der Waals surface area contributed by atoms with Gasteiger partial charge >= 0.3 is 0 Å². The molecule has 10 nitrogen and oxygen atoms in total. The van der Waals surface area contributed by atoms with Crippen LogP contribution in [0.25, 0.3) is 16.7 Å². The number of halogens is 3. The Balaban J connectivity index is 1.74. The number of benzene rings is 1. The minimum absolute atomic E-state index is 0.00422. The maximum atomic E-state index is 13.6. The molecule has 1 unspecified atom stereocenters. The van der Waals surface area contributed by atoms with E-state index in [4.69, 9.17) is 22.3 Å². The van der Waals surface area contributed by atoms with Gasteiger partial charge in [-0.05, 0) is 30.9 Å². The average Bonchev–Trinajstić information content (AvgIpc) is 3.50. The van der Waals surface area contributed by atoms with Gasteiger partial charge in [-0.2, -0.15) is 15.3 Å². The third-order valence-electron chi connectivity index (χ3n) is 5.54. The summed E-state index contributed by atoms with van der Waals surface area (Å²) in [5.74, 6) is 0.0636. The van der Waals surface area contributed by atoms with E-state index >= 15 is 0 Å². The lowest BCUT2D eigenvalue weighted by Gasteiger charge is -2.23. The number of nitrogens with two attached hydrogens (primary N) is 1. The van der Waals surface area contributed by atoms with Gasteiger partial charge in [-0.15, -0.1) is 0 Å². The molecule has 4 aromatic rings. The molecule has 0 aliphatic heterocycles. The number of rotatable bonds is 6. The van der Waals surface area contributed by atoms with Crippen molar-refractivity contribution >= 4 is 34.3 Å². The highest BCUT2D eigenvalue weighted by molar-refractivity contribution is 6.35. The van der Waals surface area contributed by atoms with Crippen molar-refractivity contribution in [2.75, 3.05) is 11.1 Å². The van der Waals surface area contributed by atoms with Crippen LogP contribution in [0.3, 0.4) is 0 Å². The van der Waals surface area contributed by atoms with Crippen molar-refractivity contribution in [3.63, 3.8) is 0 Å². The van der Waals surface area contributed by atoms with Gasteiger partial charge in [0.05, 0.1) is 28.2 Å². The third-order valence-corrected chi connectivity index (χ3v) is 5.85. The Labute approximate surface area is 195 Å². The molecule has 13 heteroatoms. The summed E-state index contributed by atoms with van der Waals surface area (Å²) in [7, 11) is 0. The zero-order valence-corrected chi connectivity index (χ0v) is 18.1. The predicted molar refractivity (Wildman–Crippen MR) is 120 cm³/mol. The fraction of sp³-hybridized carbons (Fsp3) is 0.238. The van der Waals surface area contributed by atoms with E-state index in [1.54, 1.807) is 30.3 Å². The molecule has 0 amide bonds. The lowest BCUT2D eigenvalue weighted by molar-refractivity contribution is 0.146. The zero-order valence-electron chi connectivity index (χ0n) is 17.3.